The summed E-state index contributed by atoms with van der Waals surface area (Å²) in [6, 6.07) is 19.7. The molecule has 1 heterocycles. The van der Waals surface area contributed by atoms with Gasteiger partial charge in [-0.2, -0.15) is 0 Å². The summed E-state index contributed by atoms with van der Waals surface area (Å²) < 4.78 is 16.1. The lowest BCUT2D eigenvalue weighted by Crippen LogP contribution is -2.57. The molecule has 1 aliphatic rings. The third-order valence-corrected chi connectivity index (χ3v) is 8.80. The number of para-hydroxylation sites is 2. The Morgan fingerprint density at radius 1 is 0.942 bits per heavy atom. The van der Waals surface area contributed by atoms with E-state index in [1.807, 2.05) is 0 Å². The Labute approximate surface area is 302 Å². The first-order chi connectivity index (χ1) is 24.6. The molecule has 52 heavy (non-hydrogen) atoms. The lowest BCUT2D eigenvalue weighted by Gasteiger charge is -2.30. The topological polar surface area (TPSA) is 161 Å². The Hall–Kier alpha value is -6.11. The van der Waals surface area contributed by atoms with E-state index in [4.69, 9.17) is 19.9 Å². The fraction of sp³-hybridized carbons (Fsp3) is 0.308. The molecule has 0 radical (unpaired) electrons. The summed E-state index contributed by atoms with van der Waals surface area (Å²) in [6.07, 6.45) is -0.713. The van der Waals surface area contributed by atoms with Crippen molar-refractivity contribution in [3.05, 3.63) is 95.6 Å². The van der Waals surface area contributed by atoms with Crippen LogP contribution in [0, 0.1) is 0 Å². The molecule has 0 spiro atoms. The van der Waals surface area contributed by atoms with E-state index in [2.05, 4.69) is 5.32 Å². The van der Waals surface area contributed by atoms with Crippen molar-refractivity contribution in [1.29, 1.82) is 0 Å². The number of carbonyl (C=O) groups excluding carboxylic acids is 5. The van der Waals surface area contributed by atoms with Crippen LogP contribution in [-0.4, -0.2) is 80.2 Å². The Morgan fingerprint density at radius 3 is 2.23 bits per heavy atom. The molecule has 0 fully saturated rings. The molecule has 4 aromatic carbocycles. The number of amides is 4. The van der Waals surface area contributed by atoms with Gasteiger partial charge in [-0.25, -0.2) is 9.59 Å². The number of esters is 1. The fourth-order valence-electron chi connectivity index (χ4n) is 5.92. The van der Waals surface area contributed by atoms with Gasteiger partial charge in [0.1, 0.15) is 23.4 Å². The van der Waals surface area contributed by atoms with E-state index < -0.39 is 47.5 Å². The van der Waals surface area contributed by atoms with Crippen LogP contribution < -0.4 is 25.6 Å². The van der Waals surface area contributed by atoms with E-state index in [1.165, 1.54) is 38.0 Å². The van der Waals surface area contributed by atoms with Crippen LogP contribution in [0.3, 0.4) is 0 Å². The number of nitrogens with one attached hydrogen (secondary N) is 1. The number of nitrogen functional groups attached to an aromatic ring is 1. The minimum Gasteiger partial charge on any atom is -0.496 e. The van der Waals surface area contributed by atoms with Crippen molar-refractivity contribution in [3.63, 3.8) is 0 Å². The molecule has 0 unspecified atom stereocenters. The average Bonchev–Trinajstić information content (AvgIpc) is 3.23. The number of ether oxygens (including phenoxy) is 3. The van der Waals surface area contributed by atoms with Crippen molar-refractivity contribution in [2.24, 2.45) is 0 Å². The molecule has 0 aromatic heterocycles. The predicted molar refractivity (Wildman–Crippen MR) is 197 cm³/mol. The number of likely N-dealkylation sites (N-methyl/N-ethyl adjacent to an activating group) is 1. The molecule has 4 amide bonds. The Bertz CT molecular complexity index is 2020. The highest BCUT2D eigenvalue weighted by Crippen LogP contribution is 2.38. The summed E-state index contributed by atoms with van der Waals surface area (Å²) >= 11 is 0. The number of nitrogens with two attached hydrogens (primary N) is 1. The molecule has 0 bridgehead atoms. The standard InChI is InChI=1S/C39H43N5O8/c1-23(42(5)38(49)52-39(2,3)4)34(45)41-30-22-44(35(46)24-12-16-27(40)17-13-24)32-11-9-8-10-31(32)43(36(30)47)21-29-28-18-14-26(37(48)51-7)20-25(28)15-19-33(29)50-6/h8-20,23,30H,21-22,40H2,1-7H3,(H,41,45)/t23-,30-/m0/s1. The van der Waals surface area contributed by atoms with Gasteiger partial charge in [0.05, 0.1) is 44.2 Å². The molecule has 1 aliphatic heterocycles. The van der Waals surface area contributed by atoms with Gasteiger partial charge < -0.3 is 35.1 Å². The SMILES string of the molecule is COC(=O)c1ccc2c(CN3C(=O)[C@@H](NC(=O)[C@H](C)N(C)C(=O)OC(C)(C)C)CN(C(=O)c4ccc(N)cc4)c4ccccc43)c(OC)ccc2c1. The Kier molecular flexibility index (Phi) is 10.7. The molecule has 3 N–H and O–H groups in total. The van der Waals surface area contributed by atoms with E-state index in [-0.39, 0.29) is 13.1 Å². The Morgan fingerprint density at radius 2 is 1.60 bits per heavy atom. The van der Waals surface area contributed by atoms with Gasteiger partial charge in [-0.3, -0.25) is 19.3 Å². The van der Waals surface area contributed by atoms with Gasteiger partial charge in [-0.05, 0) is 93.1 Å². The highest BCUT2D eigenvalue weighted by Gasteiger charge is 2.39. The Balaban J connectivity index is 1.60. The lowest BCUT2D eigenvalue weighted by atomic mass is 10.00. The normalized spacial score (nSPS) is 14.9. The maximum atomic E-state index is 14.8. The first kappa shape index (κ1) is 37.2. The minimum atomic E-state index is -1.25. The molecule has 4 aromatic rings. The molecule has 0 saturated carbocycles. The molecule has 5 rings (SSSR count). The maximum Gasteiger partial charge on any atom is 0.410 e. The van der Waals surface area contributed by atoms with E-state index in [0.717, 1.165) is 4.90 Å². The molecule has 272 valence electrons. The van der Waals surface area contributed by atoms with Crippen LogP contribution in [0.5, 0.6) is 5.75 Å². The lowest BCUT2D eigenvalue weighted by molar-refractivity contribution is -0.130. The summed E-state index contributed by atoms with van der Waals surface area (Å²) in [7, 11) is 4.26. The summed E-state index contributed by atoms with van der Waals surface area (Å²) in [5.41, 5.74) is 7.73. The maximum absolute atomic E-state index is 14.8. The van der Waals surface area contributed by atoms with Crippen molar-refractivity contribution in [2.45, 2.75) is 51.9 Å². The van der Waals surface area contributed by atoms with Crippen LogP contribution >= 0.6 is 0 Å². The number of carbonyl (C=O) groups is 5. The highest BCUT2D eigenvalue weighted by molar-refractivity contribution is 6.13. The average molecular weight is 710 g/mol. The zero-order valence-corrected chi connectivity index (χ0v) is 30.3. The van der Waals surface area contributed by atoms with E-state index in [1.54, 1.807) is 99.6 Å². The molecule has 2 atom stereocenters. The van der Waals surface area contributed by atoms with Crippen LogP contribution in [0.25, 0.3) is 10.8 Å². The third kappa shape index (κ3) is 7.78. The molecule has 0 aliphatic carbocycles. The zero-order valence-electron chi connectivity index (χ0n) is 30.3. The highest BCUT2D eigenvalue weighted by atomic mass is 16.6. The number of benzene rings is 4. The zero-order chi connectivity index (χ0) is 37.9. The van der Waals surface area contributed by atoms with Crippen LogP contribution in [-0.2, 0) is 25.6 Å². The van der Waals surface area contributed by atoms with Gasteiger partial charge in [-0.1, -0.05) is 24.3 Å². The number of methoxy groups -OCH3 is 2. The third-order valence-electron chi connectivity index (χ3n) is 8.80. The summed E-state index contributed by atoms with van der Waals surface area (Å²) in [6.45, 7) is 6.42. The fourth-order valence-corrected chi connectivity index (χ4v) is 5.92. The molecule has 0 saturated heterocycles. The van der Waals surface area contributed by atoms with Gasteiger partial charge in [0.25, 0.3) is 11.8 Å². The molecular formula is C39H43N5O8. The van der Waals surface area contributed by atoms with Gasteiger partial charge >= 0.3 is 12.1 Å². The van der Waals surface area contributed by atoms with Crippen LogP contribution in [0.2, 0.25) is 0 Å². The number of fused-ring (bicyclic) bond motifs is 2. The first-order valence-corrected chi connectivity index (χ1v) is 16.7. The summed E-state index contributed by atoms with van der Waals surface area (Å²) in [4.78, 5) is 72.0. The summed E-state index contributed by atoms with van der Waals surface area (Å²) in [5, 5.41) is 4.24. The molecular weight excluding hydrogens is 666 g/mol. The summed E-state index contributed by atoms with van der Waals surface area (Å²) in [5.74, 6) is -1.57. The largest absolute Gasteiger partial charge is 0.496 e. The second-order valence-electron chi connectivity index (χ2n) is 13.5. The van der Waals surface area contributed by atoms with Gasteiger partial charge in [0.2, 0.25) is 5.91 Å². The van der Waals surface area contributed by atoms with Crippen molar-refractivity contribution in [2.75, 3.05) is 43.3 Å². The van der Waals surface area contributed by atoms with Crippen molar-refractivity contribution in [3.8, 4) is 5.75 Å². The number of rotatable bonds is 8. The minimum absolute atomic E-state index is 0.0302. The smallest absolute Gasteiger partial charge is 0.410 e. The van der Waals surface area contributed by atoms with Crippen LogP contribution in [0.4, 0.5) is 21.9 Å². The second-order valence-corrected chi connectivity index (χ2v) is 13.5. The van der Waals surface area contributed by atoms with Crippen LogP contribution in [0.15, 0.2) is 78.9 Å². The number of nitrogens with zero attached hydrogens (tertiary/aromatic N) is 3. The van der Waals surface area contributed by atoms with E-state index in [9.17, 15) is 24.0 Å². The second kappa shape index (κ2) is 15.0. The monoisotopic (exact) mass is 709 g/mol. The molecule has 13 nitrogen and oxygen atoms in total. The number of anilines is 3. The van der Waals surface area contributed by atoms with Crippen molar-refractivity contribution < 1.29 is 38.2 Å². The van der Waals surface area contributed by atoms with Crippen molar-refractivity contribution in [1.82, 2.24) is 10.2 Å². The van der Waals surface area contributed by atoms with E-state index in [0.29, 0.717) is 50.3 Å². The van der Waals surface area contributed by atoms with Gasteiger partial charge in [-0.15, -0.1) is 0 Å². The van der Waals surface area contributed by atoms with Gasteiger partial charge in [0, 0.05) is 23.9 Å². The van der Waals surface area contributed by atoms with Crippen LogP contribution in [0.1, 0.15) is 54.0 Å². The number of hydrogen-bond donors (Lipinski definition) is 2. The quantitative estimate of drug-likeness (QED) is 0.186. The predicted octanol–water partition coefficient (Wildman–Crippen LogP) is 5.15. The molecule has 13 heteroatoms. The number of hydrogen-bond acceptors (Lipinski definition) is 9. The van der Waals surface area contributed by atoms with Crippen molar-refractivity contribution >= 4 is 57.6 Å². The van der Waals surface area contributed by atoms with E-state index >= 15 is 0 Å². The first-order valence-electron chi connectivity index (χ1n) is 16.7. The van der Waals surface area contributed by atoms with Gasteiger partial charge in [0.15, 0.2) is 0 Å².